The average molecular weight is 242 g/mol. The van der Waals surface area contributed by atoms with Gasteiger partial charge >= 0.3 is 0 Å². The zero-order valence-corrected chi connectivity index (χ0v) is 11.0. The molecule has 0 aromatic heterocycles. The molecule has 18 heavy (non-hydrogen) atoms. The maximum absolute atomic E-state index is 5.25. The molecule has 2 aromatic carbocycles. The zero-order valence-electron chi connectivity index (χ0n) is 11.0. The van der Waals surface area contributed by atoms with Gasteiger partial charge in [0, 0.05) is 11.1 Å². The maximum Gasteiger partial charge on any atom is 0.119 e. The summed E-state index contributed by atoms with van der Waals surface area (Å²) >= 11 is 0. The van der Waals surface area contributed by atoms with E-state index in [0.29, 0.717) is 6.04 Å². The van der Waals surface area contributed by atoms with Crippen LogP contribution in [0.5, 0.6) is 5.75 Å². The first kappa shape index (κ1) is 12.7. The minimum absolute atomic E-state index is 0.431. The molecule has 2 N–H and O–H groups in total. The Kier molecular flexibility index (Phi) is 4.37. The molecule has 1 atom stereocenters. The van der Waals surface area contributed by atoms with E-state index in [1.54, 1.807) is 7.11 Å². The van der Waals surface area contributed by atoms with Gasteiger partial charge in [-0.1, -0.05) is 42.5 Å². The standard InChI is InChI=1S/C16H19NO/c1-13(15-9-6-10-16(11-15)18-2)17-12-14-7-4-3-5-8-14/h3-11,13,17H,12H2,1-2H3/p+1/t13-/m0/s1. The Balaban J connectivity index is 1.97. The molecule has 0 spiro atoms. The van der Waals surface area contributed by atoms with Crippen LogP contribution in [0.3, 0.4) is 0 Å². The van der Waals surface area contributed by atoms with Gasteiger partial charge in [-0.05, 0) is 19.1 Å². The van der Waals surface area contributed by atoms with E-state index < -0.39 is 0 Å². The molecule has 0 fully saturated rings. The van der Waals surface area contributed by atoms with Crippen LogP contribution in [0.2, 0.25) is 0 Å². The van der Waals surface area contributed by atoms with Crippen molar-refractivity contribution < 1.29 is 10.1 Å². The molecule has 0 aliphatic rings. The fourth-order valence-electron chi connectivity index (χ4n) is 1.99. The number of rotatable bonds is 5. The Morgan fingerprint density at radius 2 is 1.83 bits per heavy atom. The van der Waals surface area contributed by atoms with E-state index in [0.717, 1.165) is 12.3 Å². The van der Waals surface area contributed by atoms with Gasteiger partial charge in [-0.15, -0.1) is 0 Å². The molecule has 0 unspecified atom stereocenters. The molecular formula is C16H20NO+. The van der Waals surface area contributed by atoms with Crippen LogP contribution in [0.1, 0.15) is 24.1 Å². The van der Waals surface area contributed by atoms with E-state index in [4.69, 9.17) is 4.74 Å². The lowest BCUT2D eigenvalue weighted by molar-refractivity contribution is -0.707. The van der Waals surface area contributed by atoms with Crippen molar-refractivity contribution in [2.75, 3.05) is 7.11 Å². The van der Waals surface area contributed by atoms with Crippen LogP contribution in [0, 0.1) is 0 Å². The lowest BCUT2D eigenvalue weighted by Crippen LogP contribution is -2.83. The fourth-order valence-corrected chi connectivity index (χ4v) is 1.99. The number of hydrogen-bond donors (Lipinski definition) is 1. The van der Waals surface area contributed by atoms with Gasteiger partial charge in [0.15, 0.2) is 0 Å². The van der Waals surface area contributed by atoms with Gasteiger partial charge in [-0.25, -0.2) is 0 Å². The van der Waals surface area contributed by atoms with Crippen molar-refractivity contribution in [1.82, 2.24) is 0 Å². The molecule has 0 aliphatic heterocycles. The van der Waals surface area contributed by atoms with Crippen LogP contribution < -0.4 is 10.1 Å². The van der Waals surface area contributed by atoms with Crippen molar-refractivity contribution in [3.63, 3.8) is 0 Å². The first-order chi connectivity index (χ1) is 8.79. The predicted molar refractivity (Wildman–Crippen MR) is 73.5 cm³/mol. The van der Waals surface area contributed by atoms with Crippen molar-refractivity contribution in [2.24, 2.45) is 0 Å². The lowest BCUT2D eigenvalue weighted by Gasteiger charge is -2.12. The van der Waals surface area contributed by atoms with Gasteiger partial charge in [0.05, 0.1) is 7.11 Å². The average Bonchev–Trinajstić information content (AvgIpc) is 2.46. The summed E-state index contributed by atoms with van der Waals surface area (Å²) in [6, 6.07) is 19.2. The smallest absolute Gasteiger partial charge is 0.119 e. The molecule has 2 heteroatoms. The highest BCUT2D eigenvalue weighted by Crippen LogP contribution is 2.16. The van der Waals surface area contributed by atoms with E-state index in [1.165, 1.54) is 11.1 Å². The highest BCUT2D eigenvalue weighted by Gasteiger charge is 2.09. The van der Waals surface area contributed by atoms with Gasteiger partial charge in [0.2, 0.25) is 0 Å². The maximum atomic E-state index is 5.25. The molecule has 0 radical (unpaired) electrons. The van der Waals surface area contributed by atoms with Crippen molar-refractivity contribution in [3.8, 4) is 5.75 Å². The second-order valence-corrected chi connectivity index (χ2v) is 4.49. The highest BCUT2D eigenvalue weighted by atomic mass is 16.5. The van der Waals surface area contributed by atoms with Crippen LogP contribution in [0.4, 0.5) is 0 Å². The largest absolute Gasteiger partial charge is 0.497 e. The lowest BCUT2D eigenvalue weighted by atomic mass is 10.1. The number of hydrogen-bond acceptors (Lipinski definition) is 1. The van der Waals surface area contributed by atoms with Crippen LogP contribution in [-0.2, 0) is 6.54 Å². The van der Waals surface area contributed by atoms with E-state index in [9.17, 15) is 0 Å². The second-order valence-electron chi connectivity index (χ2n) is 4.49. The Bertz CT molecular complexity index is 481. The number of benzene rings is 2. The molecule has 0 heterocycles. The Hall–Kier alpha value is -1.80. The molecule has 2 aromatic rings. The third-order valence-electron chi connectivity index (χ3n) is 3.17. The molecular weight excluding hydrogens is 222 g/mol. The molecule has 0 bridgehead atoms. The Labute approximate surface area is 109 Å². The molecule has 2 nitrogen and oxygen atoms in total. The van der Waals surface area contributed by atoms with Crippen LogP contribution in [0.15, 0.2) is 54.6 Å². The molecule has 0 saturated carbocycles. The highest BCUT2D eigenvalue weighted by molar-refractivity contribution is 5.29. The summed E-state index contributed by atoms with van der Waals surface area (Å²) in [5, 5.41) is 2.34. The molecule has 0 amide bonds. The minimum Gasteiger partial charge on any atom is -0.497 e. The van der Waals surface area contributed by atoms with Crippen molar-refractivity contribution in [2.45, 2.75) is 19.5 Å². The van der Waals surface area contributed by atoms with Gasteiger partial charge in [0.1, 0.15) is 18.3 Å². The van der Waals surface area contributed by atoms with E-state index in [-0.39, 0.29) is 0 Å². The summed E-state index contributed by atoms with van der Waals surface area (Å²) in [4.78, 5) is 0. The number of quaternary nitrogens is 1. The van der Waals surface area contributed by atoms with E-state index in [2.05, 4.69) is 54.7 Å². The van der Waals surface area contributed by atoms with E-state index in [1.807, 2.05) is 12.1 Å². The van der Waals surface area contributed by atoms with E-state index >= 15 is 0 Å². The fraction of sp³-hybridized carbons (Fsp3) is 0.250. The van der Waals surface area contributed by atoms with Crippen LogP contribution in [0.25, 0.3) is 0 Å². The third-order valence-corrected chi connectivity index (χ3v) is 3.17. The minimum atomic E-state index is 0.431. The van der Waals surface area contributed by atoms with Crippen LogP contribution in [-0.4, -0.2) is 7.11 Å². The zero-order chi connectivity index (χ0) is 12.8. The van der Waals surface area contributed by atoms with Gasteiger partial charge in [-0.3, -0.25) is 0 Å². The first-order valence-electron chi connectivity index (χ1n) is 6.31. The molecule has 0 aliphatic carbocycles. The van der Waals surface area contributed by atoms with Crippen molar-refractivity contribution in [1.29, 1.82) is 0 Å². The van der Waals surface area contributed by atoms with Crippen molar-refractivity contribution >= 4 is 0 Å². The second kappa shape index (κ2) is 6.22. The Morgan fingerprint density at radius 1 is 1.06 bits per heavy atom. The van der Waals surface area contributed by atoms with Gasteiger partial charge in [-0.2, -0.15) is 0 Å². The quantitative estimate of drug-likeness (QED) is 0.856. The first-order valence-corrected chi connectivity index (χ1v) is 6.31. The predicted octanol–water partition coefficient (Wildman–Crippen LogP) is 2.52. The summed E-state index contributed by atoms with van der Waals surface area (Å²) in [6.07, 6.45) is 0. The summed E-state index contributed by atoms with van der Waals surface area (Å²) in [6.45, 7) is 3.22. The van der Waals surface area contributed by atoms with Crippen molar-refractivity contribution in [3.05, 3.63) is 65.7 Å². The van der Waals surface area contributed by atoms with Crippen LogP contribution >= 0.6 is 0 Å². The summed E-state index contributed by atoms with van der Waals surface area (Å²) in [5.74, 6) is 0.924. The monoisotopic (exact) mass is 242 g/mol. The number of ether oxygens (including phenoxy) is 1. The topological polar surface area (TPSA) is 25.8 Å². The molecule has 2 rings (SSSR count). The summed E-state index contributed by atoms with van der Waals surface area (Å²) in [5.41, 5.74) is 2.65. The molecule has 94 valence electrons. The Morgan fingerprint density at radius 3 is 2.56 bits per heavy atom. The number of methoxy groups -OCH3 is 1. The summed E-state index contributed by atoms with van der Waals surface area (Å²) < 4.78 is 5.25. The normalized spacial score (nSPS) is 12.1. The van der Waals surface area contributed by atoms with Gasteiger partial charge in [0.25, 0.3) is 0 Å². The summed E-state index contributed by atoms with van der Waals surface area (Å²) in [7, 11) is 1.71. The SMILES string of the molecule is COc1cccc([C@H](C)[NH2+]Cc2ccccc2)c1. The third kappa shape index (κ3) is 3.34. The molecule has 0 saturated heterocycles. The van der Waals surface area contributed by atoms with Gasteiger partial charge < -0.3 is 10.1 Å². The number of nitrogens with two attached hydrogens (primary N) is 1.